The number of carbonyl (C=O) groups excluding carboxylic acids is 2. The van der Waals surface area contributed by atoms with E-state index in [-0.39, 0.29) is 30.4 Å². The molecule has 0 bridgehead atoms. The third-order valence-corrected chi connectivity index (χ3v) is 5.50. The number of benzene rings is 1. The molecule has 142 valence electrons. The van der Waals surface area contributed by atoms with Crippen LogP contribution in [0.3, 0.4) is 0 Å². The van der Waals surface area contributed by atoms with E-state index in [1.165, 1.54) is 19.3 Å². The molecule has 1 aromatic rings. The summed E-state index contributed by atoms with van der Waals surface area (Å²) in [5, 5.41) is 3.12. The molecule has 0 aromatic heterocycles. The Bertz CT molecular complexity index is 577. The first-order chi connectivity index (χ1) is 12.7. The highest BCUT2D eigenvalue weighted by Crippen LogP contribution is 2.34. The summed E-state index contributed by atoms with van der Waals surface area (Å²) in [7, 11) is 0. The van der Waals surface area contributed by atoms with Crippen LogP contribution in [0.4, 0.5) is 0 Å². The van der Waals surface area contributed by atoms with Crippen LogP contribution in [0.25, 0.3) is 0 Å². The van der Waals surface area contributed by atoms with Gasteiger partial charge in [-0.25, -0.2) is 0 Å². The predicted octanol–water partition coefficient (Wildman–Crippen LogP) is 3.39. The Kier molecular flexibility index (Phi) is 7.06. The van der Waals surface area contributed by atoms with E-state index in [1.54, 1.807) is 0 Å². The van der Waals surface area contributed by atoms with Crippen LogP contribution in [0.15, 0.2) is 30.3 Å². The third kappa shape index (κ3) is 5.31. The van der Waals surface area contributed by atoms with Gasteiger partial charge in [-0.1, -0.05) is 49.6 Å². The lowest BCUT2D eigenvalue weighted by Crippen LogP contribution is -2.37. The molecule has 1 saturated carbocycles. The zero-order valence-corrected chi connectivity index (χ0v) is 15.3. The Morgan fingerprint density at radius 1 is 1.04 bits per heavy atom. The van der Waals surface area contributed by atoms with Gasteiger partial charge in [0.25, 0.3) is 5.91 Å². The Morgan fingerprint density at radius 2 is 1.73 bits per heavy atom. The second-order valence-electron chi connectivity index (χ2n) is 7.35. The van der Waals surface area contributed by atoms with Crippen molar-refractivity contribution in [3.63, 3.8) is 0 Å². The van der Waals surface area contributed by atoms with Crippen molar-refractivity contribution < 1.29 is 19.1 Å². The standard InChI is InChI=1S/C21H29NO4/c23-19(15-26-21(24)18-11-13-25-14-12-18)22-20(16-7-3-1-4-8-16)17-9-5-2-6-10-17/h1,3-4,7-8,17-18,20H,2,5-6,9-15H2,(H,22,23)/t20-/m1/s1. The van der Waals surface area contributed by atoms with E-state index in [0.29, 0.717) is 32.0 Å². The molecule has 1 aliphatic heterocycles. The SMILES string of the molecule is O=C(COC(=O)C1CCOCC1)N[C@H](c1ccccc1)C1CCCCC1. The maximum absolute atomic E-state index is 12.4. The lowest BCUT2D eigenvalue weighted by Gasteiger charge is -2.31. The topological polar surface area (TPSA) is 64.6 Å². The number of hydrogen-bond acceptors (Lipinski definition) is 4. The third-order valence-electron chi connectivity index (χ3n) is 5.50. The number of rotatable bonds is 6. The second-order valence-corrected chi connectivity index (χ2v) is 7.35. The lowest BCUT2D eigenvalue weighted by atomic mass is 9.81. The van der Waals surface area contributed by atoms with Crippen LogP contribution >= 0.6 is 0 Å². The molecule has 0 radical (unpaired) electrons. The molecule has 1 aliphatic carbocycles. The fraction of sp³-hybridized carbons (Fsp3) is 0.619. The van der Waals surface area contributed by atoms with E-state index in [1.807, 2.05) is 18.2 Å². The van der Waals surface area contributed by atoms with Gasteiger partial charge in [0.15, 0.2) is 6.61 Å². The van der Waals surface area contributed by atoms with Crippen molar-refractivity contribution >= 4 is 11.9 Å². The minimum Gasteiger partial charge on any atom is -0.455 e. The van der Waals surface area contributed by atoms with E-state index in [0.717, 1.165) is 18.4 Å². The molecule has 5 heteroatoms. The molecule has 2 fully saturated rings. The maximum Gasteiger partial charge on any atom is 0.309 e. The first-order valence-electron chi connectivity index (χ1n) is 9.82. The number of nitrogens with one attached hydrogen (secondary N) is 1. The minimum absolute atomic E-state index is 0.00853. The van der Waals surface area contributed by atoms with Crippen LogP contribution in [0, 0.1) is 11.8 Å². The van der Waals surface area contributed by atoms with Gasteiger partial charge in [-0.3, -0.25) is 9.59 Å². The first kappa shape index (κ1) is 18.9. The zero-order valence-electron chi connectivity index (χ0n) is 15.3. The van der Waals surface area contributed by atoms with Crippen LogP contribution in [-0.2, 0) is 19.1 Å². The van der Waals surface area contributed by atoms with Gasteiger partial charge >= 0.3 is 5.97 Å². The largest absolute Gasteiger partial charge is 0.455 e. The fourth-order valence-electron chi connectivity index (χ4n) is 4.00. The number of hydrogen-bond donors (Lipinski definition) is 1. The van der Waals surface area contributed by atoms with Crippen molar-refractivity contribution in [3.05, 3.63) is 35.9 Å². The molecule has 1 saturated heterocycles. The van der Waals surface area contributed by atoms with Gasteiger partial charge in [-0.2, -0.15) is 0 Å². The molecule has 1 amide bonds. The molecule has 1 atom stereocenters. The smallest absolute Gasteiger partial charge is 0.309 e. The summed E-state index contributed by atoms with van der Waals surface area (Å²) in [5.74, 6) is -0.191. The van der Waals surface area contributed by atoms with Gasteiger partial charge in [0.05, 0.1) is 12.0 Å². The van der Waals surface area contributed by atoms with E-state index < -0.39 is 0 Å². The average molecular weight is 359 g/mol. The van der Waals surface area contributed by atoms with Crippen LogP contribution < -0.4 is 5.32 Å². The quantitative estimate of drug-likeness (QED) is 0.791. The van der Waals surface area contributed by atoms with Crippen LogP contribution in [0.2, 0.25) is 0 Å². The van der Waals surface area contributed by atoms with E-state index in [4.69, 9.17) is 9.47 Å². The molecule has 5 nitrogen and oxygen atoms in total. The van der Waals surface area contributed by atoms with Crippen molar-refractivity contribution in [1.29, 1.82) is 0 Å². The second kappa shape index (κ2) is 9.72. The average Bonchev–Trinajstić information content (AvgIpc) is 2.72. The van der Waals surface area contributed by atoms with Gasteiger partial charge in [0, 0.05) is 13.2 Å². The Labute approximate surface area is 155 Å². The number of esters is 1. The van der Waals surface area contributed by atoms with Crippen LogP contribution in [0.1, 0.15) is 56.6 Å². The van der Waals surface area contributed by atoms with Gasteiger partial charge in [0.1, 0.15) is 0 Å². The Balaban J connectivity index is 1.55. The Morgan fingerprint density at radius 3 is 2.42 bits per heavy atom. The minimum atomic E-state index is -0.280. The van der Waals surface area contributed by atoms with Crippen molar-refractivity contribution in [2.75, 3.05) is 19.8 Å². The van der Waals surface area contributed by atoms with Crippen molar-refractivity contribution in [1.82, 2.24) is 5.32 Å². The van der Waals surface area contributed by atoms with Gasteiger partial charge in [0.2, 0.25) is 0 Å². The number of carbonyl (C=O) groups is 2. The molecule has 1 N–H and O–H groups in total. The summed E-state index contributed by atoms with van der Waals surface area (Å²) >= 11 is 0. The highest BCUT2D eigenvalue weighted by Gasteiger charge is 2.28. The van der Waals surface area contributed by atoms with Crippen molar-refractivity contribution in [2.45, 2.75) is 51.0 Å². The predicted molar refractivity (Wildman–Crippen MR) is 98.4 cm³/mol. The summed E-state index contributed by atoms with van der Waals surface area (Å²) < 4.78 is 10.5. The normalized spacial score (nSPS) is 20.3. The molecule has 26 heavy (non-hydrogen) atoms. The Hall–Kier alpha value is -1.88. The summed E-state index contributed by atoms with van der Waals surface area (Å²) in [6.45, 7) is 0.972. The monoisotopic (exact) mass is 359 g/mol. The van der Waals surface area contributed by atoms with Gasteiger partial charge in [-0.05, 0) is 37.2 Å². The number of ether oxygens (including phenoxy) is 2. The van der Waals surface area contributed by atoms with Gasteiger partial charge in [-0.15, -0.1) is 0 Å². The molecule has 3 rings (SSSR count). The highest BCUT2D eigenvalue weighted by molar-refractivity contribution is 5.81. The van der Waals surface area contributed by atoms with Crippen molar-refractivity contribution in [2.24, 2.45) is 11.8 Å². The zero-order chi connectivity index (χ0) is 18.2. The first-order valence-corrected chi connectivity index (χ1v) is 9.82. The van der Waals surface area contributed by atoms with Gasteiger partial charge < -0.3 is 14.8 Å². The molecular weight excluding hydrogens is 330 g/mol. The van der Waals surface area contributed by atoms with E-state index in [2.05, 4.69) is 17.4 Å². The molecule has 0 spiro atoms. The van der Waals surface area contributed by atoms with E-state index >= 15 is 0 Å². The molecule has 1 heterocycles. The summed E-state index contributed by atoms with van der Waals surface area (Å²) in [6.07, 6.45) is 7.30. The summed E-state index contributed by atoms with van der Waals surface area (Å²) in [6, 6.07) is 10.1. The van der Waals surface area contributed by atoms with Crippen LogP contribution in [-0.4, -0.2) is 31.7 Å². The molecule has 1 aromatic carbocycles. The summed E-state index contributed by atoms with van der Waals surface area (Å²) in [4.78, 5) is 24.5. The maximum atomic E-state index is 12.4. The molecular formula is C21H29NO4. The van der Waals surface area contributed by atoms with Crippen LogP contribution in [0.5, 0.6) is 0 Å². The van der Waals surface area contributed by atoms with E-state index in [9.17, 15) is 9.59 Å². The number of amides is 1. The molecule has 0 unspecified atom stereocenters. The highest BCUT2D eigenvalue weighted by atomic mass is 16.5. The van der Waals surface area contributed by atoms with Crippen molar-refractivity contribution in [3.8, 4) is 0 Å². The summed E-state index contributed by atoms with van der Waals surface area (Å²) in [5.41, 5.74) is 1.13. The molecule has 2 aliphatic rings. The lowest BCUT2D eigenvalue weighted by molar-refractivity contribution is -0.155. The fourth-order valence-corrected chi connectivity index (χ4v) is 4.00.